The molecule has 0 radical (unpaired) electrons. The van der Waals surface area contributed by atoms with E-state index in [9.17, 15) is 4.39 Å². The molecule has 0 aromatic heterocycles. The summed E-state index contributed by atoms with van der Waals surface area (Å²) >= 11 is 0. The maximum Gasteiger partial charge on any atom is 0.123 e. The van der Waals surface area contributed by atoms with Crippen LogP contribution in [0.25, 0.3) is 0 Å². The first-order valence-electron chi connectivity index (χ1n) is 6.44. The fourth-order valence-corrected chi connectivity index (χ4v) is 3.19. The third kappa shape index (κ3) is 2.09. The largest absolute Gasteiger partial charge is 0.316 e. The van der Waals surface area contributed by atoms with E-state index in [1.165, 1.54) is 6.07 Å². The van der Waals surface area contributed by atoms with E-state index in [2.05, 4.69) is 17.1 Å². The van der Waals surface area contributed by atoms with Gasteiger partial charge in [-0.25, -0.2) is 4.39 Å². The molecule has 2 saturated heterocycles. The molecule has 2 aliphatic rings. The van der Waals surface area contributed by atoms with Gasteiger partial charge in [-0.05, 0) is 49.5 Å². The third-order valence-corrected chi connectivity index (χ3v) is 4.30. The third-order valence-electron chi connectivity index (χ3n) is 4.30. The summed E-state index contributed by atoms with van der Waals surface area (Å²) in [5.74, 6) is 1.47. The Morgan fingerprint density at radius 3 is 2.65 bits per heavy atom. The van der Waals surface area contributed by atoms with Crippen LogP contribution in [0, 0.1) is 17.7 Å². The Bertz CT molecular complexity index is 395. The number of nitrogens with zero attached hydrogens (tertiary/aromatic N) is 1. The molecule has 0 saturated carbocycles. The summed E-state index contributed by atoms with van der Waals surface area (Å²) in [5.41, 5.74) is 1.10. The molecule has 17 heavy (non-hydrogen) atoms. The lowest BCUT2D eigenvalue weighted by Gasteiger charge is -2.25. The van der Waals surface area contributed by atoms with Gasteiger partial charge in [0, 0.05) is 19.1 Å². The first kappa shape index (κ1) is 11.2. The lowest BCUT2D eigenvalue weighted by atomic mass is 10.0. The SMILES string of the molecule is CC(c1cccc(F)c1)N1C[C@H]2CNC[C@H]2C1. The van der Waals surface area contributed by atoms with Gasteiger partial charge < -0.3 is 5.32 Å². The van der Waals surface area contributed by atoms with Crippen LogP contribution < -0.4 is 5.32 Å². The van der Waals surface area contributed by atoms with Gasteiger partial charge in [0.25, 0.3) is 0 Å². The Morgan fingerprint density at radius 1 is 1.29 bits per heavy atom. The zero-order chi connectivity index (χ0) is 11.8. The van der Waals surface area contributed by atoms with Crippen molar-refractivity contribution in [2.45, 2.75) is 13.0 Å². The van der Waals surface area contributed by atoms with Crippen molar-refractivity contribution in [2.75, 3.05) is 26.2 Å². The molecule has 1 N–H and O–H groups in total. The Hall–Kier alpha value is -0.930. The lowest BCUT2D eigenvalue weighted by Crippen LogP contribution is -2.28. The molecule has 2 heterocycles. The van der Waals surface area contributed by atoms with Crippen LogP contribution in [-0.2, 0) is 0 Å². The van der Waals surface area contributed by atoms with E-state index in [1.807, 2.05) is 6.07 Å². The van der Waals surface area contributed by atoms with E-state index >= 15 is 0 Å². The van der Waals surface area contributed by atoms with Crippen LogP contribution in [0.4, 0.5) is 4.39 Å². The van der Waals surface area contributed by atoms with Gasteiger partial charge in [-0.3, -0.25) is 4.90 Å². The second-order valence-electron chi connectivity index (χ2n) is 5.36. The second kappa shape index (κ2) is 4.39. The van der Waals surface area contributed by atoms with Crippen molar-refractivity contribution in [3.05, 3.63) is 35.6 Å². The van der Waals surface area contributed by atoms with Crippen molar-refractivity contribution in [1.82, 2.24) is 10.2 Å². The highest BCUT2D eigenvalue weighted by molar-refractivity contribution is 5.20. The molecule has 1 aromatic rings. The van der Waals surface area contributed by atoms with Gasteiger partial charge >= 0.3 is 0 Å². The minimum atomic E-state index is -0.129. The average molecular weight is 234 g/mol. The molecule has 3 rings (SSSR count). The normalized spacial score (nSPS) is 30.5. The Morgan fingerprint density at radius 2 is 2.00 bits per heavy atom. The van der Waals surface area contributed by atoms with Gasteiger partial charge in [0.05, 0.1) is 0 Å². The number of nitrogens with one attached hydrogen (secondary N) is 1. The highest BCUT2D eigenvalue weighted by atomic mass is 19.1. The number of likely N-dealkylation sites (tertiary alicyclic amines) is 1. The van der Waals surface area contributed by atoms with E-state index < -0.39 is 0 Å². The number of benzene rings is 1. The summed E-state index contributed by atoms with van der Waals surface area (Å²) < 4.78 is 13.2. The van der Waals surface area contributed by atoms with Gasteiger partial charge in [0.15, 0.2) is 0 Å². The summed E-state index contributed by atoms with van der Waals surface area (Å²) in [5, 5.41) is 3.45. The molecular formula is C14H19FN2. The number of halogens is 1. The molecule has 0 spiro atoms. The van der Waals surface area contributed by atoms with Gasteiger partial charge in [-0.1, -0.05) is 12.1 Å². The number of hydrogen-bond donors (Lipinski definition) is 1. The molecular weight excluding hydrogens is 215 g/mol. The summed E-state index contributed by atoms with van der Waals surface area (Å²) in [6, 6.07) is 7.34. The van der Waals surface area contributed by atoms with E-state index in [4.69, 9.17) is 0 Å². The van der Waals surface area contributed by atoms with Crippen LogP contribution in [0.1, 0.15) is 18.5 Å². The molecule has 1 aromatic carbocycles. The van der Waals surface area contributed by atoms with Gasteiger partial charge in [0.2, 0.25) is 0 Å². The monoisotopic (exact) mass is 234 g/mol. The maximum absolute atomic E-state index is 13.2. The quantitative estimate of drug-likeness (QED) is 0.842. The number of fused-ring (bicyclic) bond motifs is 1. The number of rotatable bonds is 2. The molecule has 0 amide bonds. The van der Waals surface area contributed by atoms with Gasteiger partial charge in [-0.2, -0.15) is 0 Å². The van der Waals surface area contributed by atoms with Crippen LogP contribution in [0.15, 0.2) is 24.3 Å². The highest BCUT2D eigenvalue weighted by Gasteiger charge is 2.37. The van der Waals surface area contributed by atoms with E-state index in [0.717, 1.165) is 43.6 Å². The first-order chi connectivity index (χ1) is 8.24. The zero-order valence-electron chi connectivity index (χ0n) is 10.2. The fraction of sp³-hybridized carbons (Fsp3) is 0.571. The van der Waals surface area contributed by atoms with Crippen molar-refractivity contribution in [3.8, 4) is 0 Å². The molecule has 2 nitrogen and oxygen atoms in total. The average Bonchev–Trinajstić information content (AvgIpc) is 2.88. The van der Waals surface area contributed by atoms with Gasteiger partial charge in [-0.15, -0.1) is 0 Å². The predicted molar refractivity (Wildman–Crippen MR) is 66.2 cm³/mol. The van der Waals surface area contributed by atoms with Crippen molar-refractivity contribution in [1.29, 1.82) is 0 Å². The van der Waals surface area contributed by atoms with Gasteiger partial charge in [0.1, 0.15) is 5.82 Å². The standard InChI is InChI=1S/C14H19FN2/c1-10(11-3-2-4-14(15)5-11)17-8-12-6-16-7-13(12)9-17/h2-5,10,12-13,16H,6-9H2,1H3/t10?,12-,13+. The lowest BCUT2D eigenvalue weighted by molar-refractivity contribution is 0.243. The van der Waals surface area contributed by atoms with Crippen molar-refractivity contribution in [2.24, 2.45) is 11.8 Å². The Labute approximate surface area is 102 Å². The summed E-state index contributed by atoms with van der Waals surface area (Å²) in [6.45, 7) is 6.78. The fourth-order valence-electron chi connectivity index (χ4n) is 3.19. The molecule has 1 unspecified atom stereocenters. The Kier molecular flexibility index (Phi) is 2.89. The van der Waals surface area contributed by atoms with E-state index in [1.54, 1.807) is 12.1 Å². The van der Waals surface area contributed by atoms with Crippen molar-refractivity contribution in [3.63, 3.8) is 0 Å². The van der Waals surface area contributed by atoms with Crippen LogP contribution in [-0.4, -0.2) is 31.1 Å². The molecule has 2 fully saturated rings. The first-order valence-corrected chi connectivity index (χ1v) is 6.44. The van der Waals surface area contributed by atoms with Crippen LogP contribution >= 0.6 is 0 Å². The summed E-state index contributed by atoms with van der Waals surface area (Å²) in [6.07, 6.45) is 0. The molecule has 0 aliphatic carbocycles. The maximum atomic E-state index is 13.2. The molecule has 0 bridgehead atoms. The number of hydrogen-bond acceptors (Lipinski definition) is 2. The summed E-state index contributed by atoms with van der Waals surface area (Å²) in [4.78, 5) is 2.49. The minimum Gasteiger partial charge on any atom is -0.316 e. The molecule has 2 aliphatic heterocycles. The van der Waals surface area contributed by atoms with Crippen LogP contribution in [0.3, 0.4) is 0 Å². The second-order valence-corrected chi connectivity index (χ2v) is 5.36. The Balaban J connectivity index is 1.73. The molecule has 92 valence electrons. The zero-order valence-corrected chi connectivity index (χ0v) is 10.2. The van der Waals surface area contributed by atoms with Crippen LogP contribution in [0.2, 0.25) is 0 Å². The predicted octanol–water partition coefficient (Wildman–Crippen LogP) is 2.04. The van der Waals surface area contributed by atoms with E-state index in [-0.39, 0.29) is 5.82 Å². The van der Waals surface area contributed by atoms with Crippen LogP contribution in [0.5, 0.6) is 0 Å². The minimum absolute atomic E-state index is 0.129. The van der Waals surface area contributed by atoms with Crippen molar-refractivity contribution >= 4 is 0 Å². The highest BCUT2D eigenvalue weighted by Crippen LogP contribution is 2.32. The molecule has 3 atom stereocenters. The van der Waals surface area contributed by atoms with E-state index in [0.29, 0.717) is 6.04 Å². The smallest absolute Gasteiger partial charge is 0.123 e. The topological polar surface area (TPSA) is 15.3 Å². The molecule has 3 heteroatoms. The van der Waals surface area contributed by atoms with Crippen molar-refractivity contribution < 1.29 is 4.39 Å². The summed E-state index contributed by atoms with van der Waals surface area (Å²) in [7, 11) is 0.